The van der Waals surface area contributed by atoms with Crippen molar-refractivity contribution in [1.29, 1.82) is 0 Å². The van der Waals surface area contributed by atoms with Crippen LogP contribution in [-0.2, 0) is 6.54 Å². The van der Waals surface area contributed by atoms with Gasteiger partial charge in [0.25, 0.3) is 0 Å². The Hall–Kier alpha value is -0.380. The molecule has 1 aromatic carbocycles. The Balaban J connectivity index is 2.14. The third-order valence-electron chi connectivity index (χ3n) is 2.42. The van der Waals surface area contributed by atoms with Crippen molar-refractivity contribution in [1.82, 2.24) is 5.32 Å². The molecular formula is C13H21BrN2. The molecule has 3 N–H and O–H groups in total. The zero-order valence-electron chi connectivity index (χ0n) is 10.1. The molecule has 0 atom stereocenters. The summed E-state index contributed by atoms with van der Waals surface area (Å²) in [5, 5.41) is 3.42. The second kappa shape index (κ2) is 6.38. The molecule has 0 amide bonds. The molecule has 0 spiro atoms. The highest BCUT2D eigenvalue weighted by molar-refractivity contribution is 9.10. The molecule has 0 aliphatic carbocycles. The first kappa shape index (κ1) is 13.7. The van der Waals surface area contributed by atoms with Gasteiger partial charge in [-0.1, -0.05) is 28.1 Å². The Morgan fingerprint density at radius 1 is 1.25 bits per heavy atom. The summed E-state index contributed by atoms with van der Waals surface area (Å²) in [6, 6.07) is 8.40. The van der Waals surface area contributed by atoms with Crippen molar-refractivity contribution in [2.75, 3.05) is 6.54 Å². The summed E-state index contributed by atoms with van der Waals surface area (Å²) >= 11 is 3.43. The van der Waals surface area contributed by atoms with E-state index in [0.29, 0.717) is 0 Å². The summed E-state index contributed by atoms with van der Waals surface area (Å²) < 4.78 is 1.13. The highest BCUT2D eigenvalue weighted by Crippen LogP contribution is 2.10. The number of nitrogens with two attached hydrogens (primary N) is 1. The molecule has 0 radical (unpaired) electrons. The molecule has 0 aliphatic heterocycles. The second-order valence-corrected chi connectivity index (χ2v) is 5.81. The van der Waals surface area contributed by atoms with Crippen LogP contribution in [0, 0.1) is 0 Å². The molecule has 3 heteroatoms. The number of hydrogen-bond acceptors (Lipinski definition) is 2. The molecule has 0 saturated heterocycles. The summed E-state index contributed by atoms with van der Waals surface area (Å²) in [6.07, 6.45) is 2.18. The van der Waals surface area contributed by atoms with Crippen LogP contribution in [0.1, 0.15) is 32.3 Å². The predicted octanol–water partition coefficient (Wildman–Crippen LogP) is 3.06. The van der Waals surface area contributed by atoms with Gasteiger partial charge in [-0.05, 0) is 50.9 Å². The van der Waals surface area contributed by atoms with Crippen LogP contribution in [0.2, 0.25) is 0 Å². The Labute approximate surface area is 107 Å². The van der Waals surface area contributed by atoms with Crippen LogP contribution >= 0.6 is 15.9 Å². The minimum absolute atomic E-state index is 0.0424. The molecule has 90 valence electrons. The van der Waals surface area contributed by atoms with E-state index in [2.05, 4.69) is 59.4 Å². The van der Waals surface area contributed by atoms with Crippen molar-refractivity contribution in [2.24, 2.45) is 5.73 Å². The van der Waals surface area contributed by atoms with Crippen LogP contribution in [0.15, 0.2) is 28.7 Å². The van der Waals surface area contributed by atoms with Crippen molar-refractivity contribution in [3.63, 3.8) is 0 Å². The fraction of sp³-hybridized carbons (Fsp3) is 0.538. The predicted molar refractivity (Wildman–Crippen MR) is 73.3 cm³/mol. The third-order valence-corrected chi connectivity index (χ3v) is 2.95. The summed E-state index contributed by atoms with van der Waals surface area (Å²) in [4.78, 5) is 0. The second-order valence-electron chi connectivity index (χ2n) is 4.90. The largest absolute Gasteiger partial charge is 0.326 e. The van der Waals surface area contributed by atoms with E-state index in [0.717, 1.165) is 30.4 Å². The fourth-order valence-corrected chi connectivity index (χ4v) is 1.77. The van der Waals surface area contributed by atoms with Crippen molar-refractivity contribution in [3.8, 4) is 0 Å². The molecule has 0 bridgehead atoms. The molecule has 0 fully saturated rings. The van der Waals surface area contributed by atoms with Crippen LogP contribution in [0.25, 0.3) is 0 Å². The normalized spacial score (nSPS) is 11.8. The van der Waals surface area contributed by atoms with Gasteiger partial charge in [-0.25, -0.2) is 0 Å². The number of hydrogen-bond donors (Lipinski definition) is 2. The van der Waals surface area contributed by atoms with E-state index in [9.17, 15) is 0 Å². The first-order valence-electron chi connectivity index (χ1n) is 5.71. The maximum Gasteiger partial charge on any atom is 0.0205 e. The van der Waals surface area contributed by atoms with Crippen molar-refractivity contribution >= 4 is 15.9 Å². The Bertz CT molecular complexity index is 301. The van der Waals surface area contributed by atoms with Crippen LogP contribution in [0.3, 0.4) is 0 Å². The standard InChI is InChI=1S/C13H21BrN2/c1-13(2,15)8-3-9-16-10-11-4-6-12(14)7-5-11/h4-7,16H,3,8-10,15H2,1-2H3. The van der Waals surface area contributed by atoms with E-state index in [1.165, 1.54) is 5.56 Å². The number of rotatable bonds is 6. The molecule has 0 aromatic heterocycles. The van der Waals surface area contributed by atoms with E-state index in [4.69, 9.17) is 5.73 Å². The van der Waals surface area contributed by atoms with Crippen molar-refractivity contribution in [3.05, 3.63) is 34.3 Å². The van der Waals surface area contributed by atoms with Gasteiger partial charge in [-0.15, -0.1) is 0 Å². The van der Waals surface area contributed by atoms with E-state index in [-0.39, 0.29) is 5.54 Å². The summed E-state index contributed by atoms with van der Waals surface area (Å²) in [7, 11) is 0. The first-order chi connectivity index (χ1) is 7.47. The van der Waals surface area contributed by atoms with Gasteiger partial charge in [-0.3, -0.25) is 0 Å². The maximum absolute atomic E-state index is 5.91. The Morgan fingerprint density at radius 2 is 1.88 bits per heavy atom. The third kappa shape index (κ3) is 6.26. The van der Waals surface area contributed by atoms with E-state index in [1.54, 1.807) is 0 Å². The van der Waals surface area contributed by atoms with E-state index in [1.807, 2.05) is 0 Å². The number of nitrogens with one attached hydrogen (secondary N) is 1. The van der Waals surface area contributed by atoms with Crippen LogP contribution in [-0.4, -0.2) is 12.1 Å². The topological polar surface area (TPSA) is 38.0 Å². The van der Waals surface area contributed by atoms with Gasteiger partial charge in [0.1, 0.15) is 0 Å². The van der Waals surface area contributed by atoms with Gasteiger partial charge in [0, 0.05) is 16.6 Å². The van der Waals surface area contributed by atoms with Crippen molar-refractivity contribution in [2.45, 2.75) is 38.8 Å². The highest BCUT2D eigenvalue weighted by Gasteiger charge is 2.08. The lowest BCUT2D eigenvalue weighted by atomic mass is 10.0. The van der Waals surface area contributed by atoms with E-state index >= 15 is 0 Å². The van der Waals surface area contributed by atoms with Crippen molar-refractivity contribution < 1.29 is 0 Å². The van der Waals surface area contributed by atoms with Gasteiger partial charge < -0.3 is 11.1 Å². The van der Waals surface area contributed by atoms with Crippen LogP contribution in [0.4, 0.5) is 0 Å². The van der Waals surface area contributed by atoms with Gasteiger partial charge >= 0.3 is 0 Å². The average Bonchev–Trinajstić information content (AvgIpc) is 2.19. The highest BCUT2D eigenvalue weighted by atomic mass is 79.9. The molecule has 0 heterocycles. The van der Waals surface area contributed by atoms with Gasteiger partial charge in [0.15, 0.2) is 0 Å². The molecule has 16 heavy (non-hydrogen) atoms. The lowest BCUT2D eigenvalue weighted by Gasteiger charge is -2.17. The minimum Gasteiger partial charge on any atom is -0.326 e. The average molecular weight is 285 g/mol. The van der Waals surface area contributed by atoms with Crippen LogP contribution in [0.5, 0.6) is 0 Å². The van der Waals surface area contributed by atoms with Gasteiger partial charge in [-0.2, -0.15) is 0 Å². The monoisotopic (exact) mass is 284 g/mol. The summed E-state index contributed by atoms with van der Waals surface area (Å²) in [5.74, 6) is 0. The quantitative estimate of drug-likeness (QED) is 0.788. The number of halogens is 1. The smallest absolute Gasteiger partial charge is 0.0205 e. The SMILES string of the molecule is CC(C)(N)CCCNCc1ccc(Br)cc1. The molecule has 0 aliphatic rings. The molecule has 0 unspecified atom stereocenters. The first-order valence-corrected chi connectivity index (χ1v) is 6.51. The minimum atomic E-state index is -0.0424. The molecule has 2 nitrogen and oxygen atoms in total. The van der Waals surface area contributed by atoms with Gasteiger partial charge in [0.05, 0.1) is 0 Å². The number of benzene rings is 1. The zero-order chi connectivity index (χ0) is 12.0. The summed E-state index contributed by atoms with van der Waals surface area (Å²) in [6.45, 7) is 6.10. The summed E-state index contributed by atoms with van der Waals surface area (Å²) in [5.41, 5.74) is 7.19. The lowest BCUT2D eigenvalue weighted by molar-refractivity contribution is 0.448. The van der Waals surface area contributed by atoms with E-state index < -0.39 is 0 Å². The Kier molecular flexibility index (Phi) is 5.46. The lowest BCUT2D eigenvalue weighted by Crippen LogP contribution is -2.32. The molecule has 0 saturated carbocycles. The Morgan fingerprint density at radius 3 is 2.44 bits per heavy atom. The zero-order valence-corrected chi connectivity index (χ0v) is 11.7. The van der Waals surface area contributed by atoms with Gasteiger partial charge in [0.2, 0.25) is 0 Å². The molecule has 1 aromatic rings. The fourth-order valence-electron chi connectivity index (χ4n) is 1.50. The molecular weight excluding hydrogens is 264 g/mol. The maximum atomic E-state index is 5.91. The molecule has 1 rings (SSSR count). The van der Waals surface area contributed by atoms with Crippen LogP contribution < -0.4 is 11.1 Å².